The summed E-state index contributed by atoms with van der Waals surface area (Å²) in [5.74, 6) is -3.02. The molecule has 3 amide bonds. The van der Waals surface area contributed by atoms with Gasteiger partial charge in [-0.25, -0.2) is 0 Å². The van der Waals surface area contributed by atoms with Crippen molar-refractivity contribution in [1.82, 2.24) is 10.2 Å². The number of methoxy groups -OCH3 is 1. The molecule has 0 radical (unpaired) electrons. The number of aliphatic hydroxyl groups excluding tert-OH is 1. The van der Waals surface area contributed by atoms with Crippen molar-refractivity contribution in [3.05, 3.63) is 85.5 Å². The molecule has 2 bridgehead atoms. The van der Waals surface area contributed by atoms with Gasteiger partial charge in [0.2, 0.25) is 11.8 Å². The molecule has 262 valence electrons. The Morgan fingerprint density at radius 2 is 1.88 bits per heavy atom. The van der Waals surface area contributed by atoms with Crippen LogP contribution in [0.25, 0.3) is 0 Å². The van der Waals surface area contributed by atoms with Crippen LogP contribution in [-0.4, -0.2) is 89.2 Å². The highest BCUT2D eigenvalue weighted by atomic mass is 79.9. The molecule has 12 heteroatoms. The number of benzene rings is 2. The van der Waals surface area contributed by atoms with E-state index in [-0.39, 0.29) is 31.0 Å². The number of aliphatic hydroxyl groups is 1. The zero-order chi connectivity index (χ0) is 35.3. The SMILES string of the molecule is C=CCCC(=O)OC[C@@H](NC(=O)[C@@H]1[C@H]2O[C@@]3(CC2Br)[C@H](C(=O)N(CC=C)c2ccc(OC)cc2)N([C@@H](CC)CO)C(=O)[C@@H]13)c1ccccc1. The van der Waals surface area contributed by atoms with Crippen molar-refractivity contribution in [2.24, 2.45) is 11.8 Å². The number of alkyl halides is 1. The average Bonchev–Trinajstić information content (AvgIpc) is 3.72. The van der Waals surface area contributed by atoms with Gasteiger partial charge in [0.05, 0.1) is 43.7 Å². The van der Waals surface area contributed by atoms with Crippen LogP contribution in [0, 0.1) is 11.8 Å². The van der Waals surface area contributed by atoms with Gasteiger partial charge >= 0.3 is 5.97 Å². The number of fused-ring (bicyclic) bond motifs is 1. The Bertz CT molecular complexity index is 1530. The maximum atomic E-state index is 14.8. The third-order valence-corrected chi connectivity index (χ3v) is 10.6. The molecule has 3 heterocycles. The molecular weight excluding hydrogens is 694 g/mol. The molecule has 3 aliphatic rings. The minimum Gasteiger partial charge on any atom is -0.497 e. The number of hydrogen-bond donors (Lipinski definition) is 2. The zero-order valence-electron chi connectivity index (χ0n) is 27.8. The van der Waals surface area contributed by atoms with Gasteiger partial charge < -0.3 is 34.4 Å². The van der Waals surface area contributed by atoms with Crippen molar-refractivity contribution in [1.29, 1.82) is 0 Å². The summed E-state index contributed by atoms with van der Waals surface area (Å²) in [7, 11) is 1.55. The molecule has 49 heavy (non-hydrogen) atoms. The number of nitrogens with zero attached hydrogens (tertiary/aromatic N) is 2. The van der Waals surface area contributed by atoms with Crippen molar-refractivity contribution in [3.63, 3.8) is 0 Å². The Labute approximate surface area is 295 Å². The number of hydrogen-bond acceptors (Lipinski definition) is 8. The third kappa shape index (κ3) is 6.91. The van der Waals surface area contributed by atoms with Crippen molar-refractivity contribution >= 4 is 45.3 Å². The first kappa shape index (κ1) is 36.3. The normalized spacial score (nSPS) is 26.4. The molecule has 2 N–H and O–H groups in total. The number of amides is 3. The average molecular weight is 739 g/mol. The molecule has 8 atom stereocenters. The number of carbonyl (C=O) groups is 4. The van der Waals surface area contributed by atoms with Crippen molar-refractivity contribution in [2.45, 2.75) is 67.3 Å². The Hall–Kier alpha value is -4.00. The minimum absolute atomic E-state index is 0.112. The number of allylic oxidation sites excluding steroid dienone is 1. The highest BCUT2D eigenvalue weighted by Gasteiger charge is 2.77. The van der Waals surface area contributed by atoms with Crippen LogP contribution in [0.3, 0.4) is 0 Å². The topological polar surface area (TPSA) is 135 Å². The lowest BCUT2D eigenvalue weighted by Crippen LogP contribution is -2.59. The predicted molar refractivity (Wildman–Crippen MR) is 187 cm³/mol. The lowest BCUT2D eigenvalue weighted by atomic mass is 9.70. The number of likely N-dealkylation sites (tertiary alicyclic amines) is 1. The molecule has 0 saturated carbocycles. The monoisotopic (exact) mass is 737 g/mol. The molecular formula is C37H44BrN3O8. The van der Waals surface area contributed by atoms with E-state index in [0.29, 0.717) is 30.7 Å². The van der Waals surface area contributed by atoms with E-state index in [2.05, 4.69) is 34.4 Å². The van der Waals surface area contributed by atoms with E-state index in [4.69, 9.17) is 14.2 Å². The van der Waals surface area contributed by atoms with Crippen LogP contribution in [0.4, 0.5) is 5.69 Å². The van der Waals surface area contributed by atoms with E-state index in [0.717, 1.165) is 5.56 Å². The molecule has 11 nitrogen and oxygen atoms in total. The van der Waals surface area contributed by atoms with E-state index in [1.54, 1.807) is 43.5 Å². The molecule has 2 aromatic carbocycles. The summed E-state index contributed by atoms with van der Waals surface area (Å²) in [6.07, 6.45) is 3.84. The number of ether oxygens (including phenoxy) is 3. The van der Waals surface area contributed by atoms with Crippen LogP contribution < -0.4 is 15.0 Å². The maximum Gasteiger partial charge on any atom is 0.306 e. The predicted octanol–water partition coefficient (Wildman–Crippen LogP) is 4.10. The van der Waals surface area contributed by atoms with Crippen LogP contribution >= 0.6 is 15.9 Å². The summed E-state index contributed by atoms with van der Waals surface area (Å²) in [4.78, 5) is 58.8. The van der Waals surface area contributed by atoms with Gasteiger partial charge in [0, 0.05) is 23.5 Å². The minimum atomic E-state index is -1.34. The highest BCUT2D eigenvalue weighted by Crippen LogP contribution is 2.60. The first-order valence-corrected chi connectivity index (χ1v) is 17.5. The summed E-state index contributed by atoms with van der Waals surface area (Å²) < 4.78 is 17.5. The Kier molecular flexibility index (Phi) is 11.6. The van der Waals surface area contributed by atoms with Gasteiger partial charge in [-0.3, -0.25) is 19.2 Å². The van der Waals surface area contributed by atoms with E-state index in [1.165, 1.54) is 9.80 Å². The van der Waals surface area contributed by atoms with Crippen LogP contribution in [-0.2, 0) is 28.7 Å². The van der Waals surface area contributed by atoms with E-state index >= 15 is 0 Å². The highest BCUT2D eigenvalue weighted by molar-refractivity contribution is 9.09. The number of nitrogens with one attached hydrogen (secondary N) is 1. The first-order chi connectivity index (χ1) is 23.6. The molecule has 0 aliphatic carbocycles. The second-order valence-corrected chi connectivity index (χ2v) is 13.7. The van der Waals surface area contributed by atoms with Crippen molar-refractivity contribution in [3.8, 4) is 5.75 Å². The second-order valence-electron chi connectivity index (χ2n) is 12.6. The van der Waals surface area contributed by atoms with Gasteiger partial charge in [-0.05, 0) is 49.1 Å². The summed E-state index contributed by atoms with van der Waals surface area (Å²) >= 11 is 3.72. The van der Waals surface area contributed by atoms with Gasteiger partial charge in [-0.2, -0.15) is 0 Å². The standard InChI is InChI=1S/C37H44BrN3O8/c1-5-8-14-29(43)48-22-28(23-12-10-9-11-13-23)39-34(44)30-31-35(45)41(24(7-3)21-42)33(37(31)20-27(38)32(30)49-37)36(46)40(19-6-2)25-15-17-26(47-4)18-16-25/h5-6,9-13,15-18,24,27-28,30-33,42H,1-2,7-8,14,19-22H2,3-4H3,(H,39,44)/t24-,27?,28+,30-,31+,32-,33-,37+/m0/s1. The molecule has 5 rings (SSSR count). The first-order valence-electron chi connectivity index (χ1n) is 16.6. The quantitative estimate of drug-likeness (QED) is 0.150. The fourth-order valence-corrected chi connectivity index (χ4v) is 8.40. The van der Waals surface area contributed by atoms with Gasteiger partial charge in [0.25, 0.3) is 5.91 Å². The van der Waals surface area contributed by atoms with Crippen LogP contribution in [0.2, 0.25) is 0 Å². The fraction of sp³-hybridized carbons (Fsp3) is 0.459. The lowest BCUT2D eigenvalue weighted by molar-refractivity contribution is -0.146. The van der Waals surface area contributed by atoms with Gasteiger partial charge in [-0.15, -0.1) is 13.2 Å². The Balaban J connectivity index is 1.50. The van der Waals surface area contributed by atoms with Crippen LogP contribution in [0.5, 0.6) is 5.75 Å². The molecule has 1 unspecified atom stereocenters. The van der Waals surface area contributed by atoms with E-state index in [9.17, 15) is 24.3 Å². The van der Waals surface area contributed by atoms with Crippen molar-refractivity contribution < 1.29 is 38.5 Å². The molecule has 3 fully saturated rings. The molecule has 2 aromatic rings. The maximum absolute atomic E-state index is 14.8. The van der Waals surface area contributed by atoms with E-state index in [1.807, 2.05) is 37.3 Å². The lowest BCUT2D eigenvalue weighted by Gasteiger charge is -2.39. The number of esters is 1. The largest absolute Gasteiger partial charge is 0.497 e. The van der Waals surface area contributed by atoms with Gasteiger partial charge in [-0.1, -0.05) is 65.3 Å². The molecule has 1 spiro atoms. The van der Waals surface area contributed by atoms with Gasteiger partial charge in [0.15, 0.2) is 0 Å². The summed E-state index contributed by atoms with van der Waals surface area (Å²) in [5.41, 5.74) is -0.0523. The summed E-state index contributed by atoms with van der Waals surface area (Å²) in [5, 5.41) is 13.5. The molecule has 0 aromatic heterocycles. The summed E-state index contributed by atoms with van der Waals surface area (Å²) in [6.45, 7) is 9.00. The fourth-order valence-electron chi connectivity index (χ4n) is 7.46. The molecule has 3 saturated heterocycles. The second kappa shape index (κ2) is 15.7. The van der Waals surface area contributed by atoms with Crippen molar-refractivity contribution in [2.75, 3.05) is 31.8 Å². The molecule has 3 aliphatic heterocycles. The van der Waals surface area contributed by atoms with Crippen LogP contribution in [0.1, 0.15) is 44.2 Å². The van der Waals surface area contributed by atoms with E-state index < -0.39 is 65.4 Å². The Morgan fingerprint density at radius 1 is 1.16 bits per heavy atom. The number of rotatable bonds is 16. The zero-order valence-corrected chi connectivity index (χ0v) is 29.4. The Morgan fingerprint density at radius 3 is 2.49 bits per heavy atom. The van der Waals surface area contributed by atoms with Gasteiger partial charge in [0.1, 0.15) is 24.0 Å². The van der Waals surface area contributed by atoms with Crippen LogP contribution in [0.15, 0.2) is 79.9 Å². The smallest absolute Gasteiger partial charge is 0.306 e. The number of anilines is 1. The third-order valence-electron chi connectivity index (χ3n) is 9.78. The summed E-state index contributed by atoms with van der Waals surface area (Å²) in [6, 6.07) is 13.6. The number of carbonyl (C=O) groups excluding carboxylic acids is 4. The number of halogens is 1.